The Hall–Kier alpha value is -6.42. The molecule has 4 amide bonds. The number of nitrogens with one attached hydrogen (secondary N) is 5. The van der Waals surface area contributed by atoms with Crippen molar-refractivity contribution in [2.24, 2.45) is 9.98 Å². The average molecular weight is 767 g/mol. The van der Waals surface area contributed by atoms with Gasteiger partial charge in [-0.3, -0.25) is 19.6 Å². The maximum absolute atomic E-state index is 13.4. The zero-order chi connectivity index (χ0) is 39.6. The van der Waals surface area contributed by atoms with Crippen molar-refractivity contribution < 1.29 is 38.1 Å². The molecule has 5 N–H and O–H groups in total. The van der Waals surface area contributed by atoms with E-state index in [4.69, 9.17) is 27.3 Å². The Balaban J connectivity index is 0.975. The van der Waals surface area contributed by atoms with Gasteiger partial charge in [0, 0.05) is 32.4 Å². The SMILES string of the molecule is C#CC[C@H](NC(=O)OC)C(=O)NCCCCC1=NCC(c2ccc3c(c2)Oc2ccc(C4CN=C([C@@H]5CCCN5C(=O)[C@H](CC#C)NC(=O)OC)N4)cc2O3)N1. The molecule has 0 radical (unpaired) electrons. The summed E-state index contributed by atoms with van der Waals surface area (Å²) in [4.78, 5) is 60.4. The van der Waals surface area contributed by atoms with Crippen LogP contribution in [-0.4, -0.2) is 99.1 Å². The van der Waals surface area contributed by atoms with Gasteiger partial charge in [0.2, 0.25) is 11.8 Å². The summed E-state index contributed by atoms with van der Waals surface area (Å²) in [5.74, 6) is 8.26. The molecule has 294 valence electrons. The molecule has 56 heavy (non-hydrogen) atoms. The molecular formula is C40H46N8O8. The molecule has 4 aliphatic heterocycles. The summed E-state index contributed by atoms with van der Waals surface area (Å²) in [7, 11) is 2.46. The molecule has 0 spiro atoms. The maximum Gasteiger partial charge on any atom is 0.407 e. The number of benzene rings is 2. The first-order valence-electron chi connectivity index (χ1n) is 18.6. The topological polar surface area (TPSA) is 193 Å². The van der Waals surface area contributed by atoms with Gasteiger partial charge in [0.05, 0.1) is 51.3 Å². The second kappa shape index (κ2) is 18.3. The molecule has 16 nitrogen and oxygen atoms in total. The van der Waals surface area contributed by atoms with Crippen LogP contribution in [0.5, 0.6) is 23.0 Å². The highest BCUT2D eigenvalue weighted by molar-refractivity contribution is 5.95. The zero-order valence-corrected chi connectivity index (χ0v) is 31.4. The van der Waals surface area contributed by atoms with Crippen LogP contribution in [0.15, 0.2) is 46.4 Å². The fourth-order valence-electron chi connectivity index (χ4n) is 7.05. The lowest BCUT2D eigenvalue weighted by molar-refractivity contribution is -0.133. The van der Waals surface area contributed by atoms with E-state index < -0.39 is 24.3 Å². The molecule has 2 unspecified atom stereocenters. The van der Waals surface area contributed by atoms with Crippen LogP contribution in [0.3, 0.4) is 0 Å². The van der Waals surface area contributed by atoms with Crippen molar-refractivity contribution in [1.82, 2.24) is 31.5 Å². The van der Waals surface area contributed by atoms with Crippen molar-refractivity contribution in [2.45, 2.75) is 75.2 Å². The number of hydrogen-bond donors (Lipinski definition) is 5. The normalized spacial score (nSPS) is 20.0. The predicted molar refractivity (Wildman–Crippen MR) is 207 cm³/mol. The Morgan fingerprint density at radius 1 is 0.857 bits per heavy atom. The van der Waals surface area contributed by atoms with Gasteiger partial charge in [0.15, 0.2) is 23.0 Å². The van der Waals surface area contributed by atoms with Crippen LogP contribution in [0, 0.1) is 24.7 Å². The predicted octanol–water partition coefficient (Wildman–Crippen LogP) is 3.44. The minimum Gasteiger partial charge on any atom is -0.453 e. The summed E-state index contributed by atoms with van der Waals surface area (Å²) < 4.78 is 21.9. The molecule has 1 fully saturated rings. The number of alkyl carbamates (subject to hydrolysis) is 2. The van der Waals surface area contributed by atoms with E-state index in [1.165, 1.54) is 14.2 Å². The fraction of sp³-hybridized carbons (Fsp3) is 0.450. The standard InChI is InChI=1S/C40H46N8O8/c1-5-10-26(46-39(51)53-3)37(49)41-18-8-7-13-35-42-22-28(44-35)24-14-16-31-33(20-24)55-32-17-15-25(21-34(32)56-31)29-23-43-36(45-29)30-12-9-19-48(30)38(50)27(11-6-2)47-40(52)54-4/h1-2,14-17,20-21,26-30H,7-13,18-19,22-23H2,3-4H3,(H,41,49)(H,42,44)(H,43,45)(H,46,51)(H,47,52)/t26-,27-,28?,29?,30-/m0/s1. The number of fused-ring (bicyclic) bond motifs is 2. The third kappa shape index (κ3) is 9.26. The van der Waals surface area contributed by atoms with E-state index in [0.717, 1.165) is 54.9 Å². The van der Waals surface area contributed by atoms with Crippen molar-refractivity contribution in [2.75, 3.05) is 40.4 Å². The van der Waals surface area contributed by atoms with E-state index in [2.05, 4.69) is 52.9 Å². The van der Waals surface area contributed by atoms with Gasteiger partial charge in [-0.15, -0.1) is 24.7 Å². The number of likely N-dealkylation sites (tertiary alicyclic amines) is 1. The van der Waals surface area contributed by atoms with E-state index in [1.807, 2.05) is 36.4 Å². The number of terminal acetylenes is 2. The maximum atomic E-state index is 13.4. The lowest BCUT2D eigenvalue weighted by Crippen LogP contribution is -2.53. The number of nitrogens with zero attached hydrogens (tertiary/aromatic N) is 3. The first-order valence-corrected chi connectivity index (χ1v) is 18.6. The first-order chi connectivity index (χ1) is 27.2. The molecule has 5 atom stereocenters. The van der Waals surface area contributed by atoms with Gasteiger partial charge < -0.3 is 50.4 Å². The van der Waals surface area contributed by atoms with Crippen LogP contribution in [0.4, 0.5) is 9.59 Å². The summed E-state index contributed by atoms with van der Waals surface area (Å²) >= 11 is 0. The Labute approximate surface area is 325 Å². The minimum absolute atomic E-state index is 0.0164. The third-order valence-corrected chi connectivity index (χ3v) is 9.96. The average Bonchev–Trinajstić information content (AvgIpc) is 4.01. The summed E-state index contributed by atoms with van der Waals surface area (Å²) in [5, 5.41) is 14.8. The van der Waals surface area contributed by atoms with E-state index in [9.17, 15) is 19.2 Å². The van der Waals surface area contributed by atoms with E-state index in [1.54, 1.807) is 4.90 Å². The Bertz CT molecular complexity index is 1970. The van der Waals surface area contributed by atoms with Gasteiger partial charge in [0.1, 0.15) is 17.9 Å². The molecule has 1 saturated heterocycles. The Morgan fingerprint density at radius 3 is 2.11 bits per heavy atom. The number of carbonyl (C=O) groups excluding carboxylic acids is 4. The molecule has 0 bridgehead atoms. The van der Waals surface area contributed by atoms with Gasteiger partial charge in [0.25, 0.3) is 0 Å². The van der Waals surface area contributed by atoms with Gasteiger partial charge >= 0.3 is 12.2 Å². The number of amidine groups is 2. The quantitative estimate of drug-likeness (QED) is 0.120. The van der Waals surface area contributed by atoms with E-state index >= 15 is 0 Å². The monoisotopic (exact) mass is 766 g/mol. The number of aliphatic imine (C=N–C) groups is 2. The summed E-state index contributed by atoms with van der Waals surface area (Å²) in [6.07, 6.45) is 13.3. The van der Waals surface area contributed by atoms with Crippen LogP contribution in [0.2, 0.25) is 0 Å². The molecule has 0 aliphatic carbocycles. The molecular weight excluding hydrogens is 720 g/mol. The molecule has 4 aliphatic rings. The van der Waals surface area contributed by atoms with Gasteiger partial charge in [-0.1, -0.05) is 12.1 Å². The van der Waals surface area contributed by atoms with E-state index in [0.29, 0.717) is 49.2 Å². The smallest absolute Gasteiger partial charge is 0.407 e. The Morgan fingerprint density at radius 2 is 1.46 bits per heavy atom. The molecule has 6 rings (SSSR count). The molecule has 0 aromatic heterocycles. The van der Waals surface area contributed by atoms with Gasteiger partial charge in [-0.2, -0.15) is 0 Å². The van der Waals surface area contributed by atoms with Crippen molar-refractivity contribution >= 4 is 35.7 Å². The number of methoxy groups -OCH3 is 2. The largest absolute Gasteiger partial charge is 0.453 e. The number of ether oxygens (including phenoxy) is 4. The number of rotatable bonds is 14. The van der Waals surface area contributed by atoms with Crippen LogP contribution < -0.4 is 36.1 Å². The molecule has 0 saturated carbocycles. The fourth-order valence-corrected chi connectivity index (χ4v) is 7.05. The van der Waals surface area contributed by atoms with Crippen molar-refractivity contribution in [1.29, 1.82) is 0 Å². The summed E-state index contributed by atoms with van der Waals surface area (Å²) in [6.45, 7) is 2.04. The van der Waals surface area contributed by atoms with Crippen molar-refractivity contribution in [3.05, 3.63) is 47.5 Å². The summed E-state index contributed by atoms with van der Waals surface area (Å²) in [5.41, 5.74) is 1.98. The highest BCUT2D eigenvalue weighted by atomic mass is 16.6. The highest BCUT2D eigenvalue weighted by Gasteiger charge is 2.39. The Kier molecular flexibility index (Phi) is 12.8. The van der Waals surface area contributed by atoms with Crippen LogP contribution in [0.25, 0.3) is 0 Å². The second-order valence-corrected chi connectivity index (χ2v) is 13.7. The molecule has 2 aromatic rings. The van der Waals surface area contributed by atoms with Crippen LogP contribution in [0.1, 0.15) is 68.2 Å². The second-order valence-electron chi connectivity index (χ2n) is 13.7. The van der Waals surface area contributed by atoms with Crippen LogP contribution >= 0.6 is 0 Å². The third-order valence-electron chi connectivity index (χ3n) is 9.96. The first kappa shape index (κ1) is 39.3. The lowest BCUT2D eigenvalue weighted by atomic mass is 10.0. The number of hydrogen-bond acceptors (Lipinski definition) is 12. The van der Waals surface area contributed by atoms with Crippen LogP contribution in [-0.2, 0) is 19.1 Å². The van der Waals surface area contributed by atoms with Crippen molar-refractivity contribution in [3.63, 3.8) is 0 Å². The van der Waals surface area contributed by atoms with E-state index in [-0.39, 0.29) is 42.8 Å². The van der Waals surface area contributed by atoms with Gasteiger partial charge in [-0.05, 0) is 61.1 Å². The minimum atomic E-state index is -0.882. The number of unbranched alkanes of at least 4 members (excludes halogenated alkanes) is 1. The molecule has 16 heteroatoms. The molecule has 4 heterocycles. The summed E-state index contributed by atoms with van der Waals surface area (Å²) in [6, 6.07) is 9.55. The van der Waals surface area contributed by atoms with Crippen molar-refractivity contribution in [3.8, 4) is 47.7 Å². The zero-order valence-electron chi connectivity index (χ0n) is 31.4. The molecule has 2 aromatic carbocycles. The number of amides is 4. The number of carbonyl (C=O) groups is 4. The lowest BCUT2D eigenvalue weighted by Gasteiger charge is -2.29. The highest BCUT2D eigenvalue weighted by Crippen LogP contribution is 2.47. The van der Waals surface area contributed by atoms with Gasteiger partial charge in [-0.25, -0.2) is 9.59 Å².